The Morgan fingerprint density at radius 2 is 1.94 bits per heavy atom. The van der Waals surface area contributed by atoms with Crippen molar-refractivity contribution in [3.63, 3.8) is 0 Å². The molecular formula is C24H27BrN4O2. The van der Waals surface area contributed by atoms with Gasteiger partial charge in [0.1, 0.15) is 0 Å². The Kier molecular flexibility index (Phi) is 6.83. The van der Waals surface area contributed by atoms with Crippen LogP contribution in [-0.4, -0.2) is 34.0 Å². The molecule has 6 nitrogen and oxygen atoms in total. The molecule has 1 aromatic heterocycles. The molecule has 1 fully saturated rings. The Hall–Kier alpha value is -2.51. The number of halogens is 1. The van der Waals surface area contributed by atoms with Gasteiger partial charge < -0.3 is 9.84 Å². The van der Waals surface area contributed by atoms with Crippen molar-refractivity contribution in [3.8, 4) is 11.4 Å². The van der Waals surface area contributed by atoms with Crippen LogP contribution >= 0.6 is 15.9 Å². The van der Waals surface area contributed by atoms with Crippen LogP contribution in [0.4, 0.5) is 5.69 Å². The van der Waals surface area contributed by atoms with Gasteiger partial charge in [-0.1, -0.05) is 46.2 Å². The molecule has 2 heterocycles. The average molecular weight is 483 g/mol. The maximum atomic E-state index is 12.9. The molecule has 7 heteroatoms. The summed E-state index contributed by atoms with van der Waals surface area (Å²) >= 11 is 3.43. The van der Waals surface area contributed by atoms with Crippen LogP contribution in [0.3, 0.4) is 0 Å². The molecule has 0 radical (unpaired) electrons. The Morgan fingerprint density at radius 3 is 2.65 bits per heavy atom. The number of para-hydroxylation sites is 1. The lowest BCUT2D eigenvalue weighted by Gasteiger charge is -2.30. The first-order valence-electron chi connectivity index (χ1n) is 10.7. The number of likely N-dealkylation sites (tertiary alicyclic amines) is 1. The predicted molar refractivity (Wildman–Crippen MR) is 125 cm³/mol. The van der Waals surface area contributed by atoms with Gasteiger partial charge in [0.25, 0.3) is 0 Å². The van der Waals surface area contributed by atoms with Crippen LogP contribution in [0.2, 0.25) is 0 Å². The predicted octanol–water partition coefficient (Wildman–Crippen LogP) is 5.22. The van der Waals surface area contributed by atoms with Crippen LogP contribution in [0.5, 0.6) is 0 Å². The third kappa shape index (κ3) is 5.22. The molecule has 1 saturated heterocycles. The molecule has 1 aliphatic heterocycles. The molecule has 162 valence electrons. The van der Waals surface area contributed by atoms with Crippen molar-refractivity contribution in [3.05, 3.63) is 64.0 Å². The van der Waals surface area contributed by atoms with E-state index in [1.165, 1.54) is 5.56 Å². The molecule has 0 spiro atoms. The van der Waals surface area contributed by atoms with E-state index in [4.69, 9.17) is 4.52 Å². The Bertz CT molecular complexity index is 1040. The van der Waals surface area contributed by atoms with Gasteiger partial charge >= 0.3 is 0 Å². The minimum absolute atomic E-state index is 0.0292. The monoisotopic (exact) mass is 482 g/mol. The van der Waals surface area contributed by atoms with Gasteiger partial charge in [-0.25, -0.2) is 0 Å². The third-order valence-corrected chi connectivity index (χ3v) is 6.40. The fourth-order valence-corrected chi connectivity index (χ4v) is 4.27. The van der Waals surface area contributed by atoms with Gasteiger partial charge in [-0.3, -0.25) is 9.69 Å². The molecule has 0 atom stereocenters. The number of nitrogens with zero attached hydrogens (tertiary/aromatic N) is 3. The number of nitrogens with one attached hydrogen (secondary N) is 1. The molecule has 3 aromatic rings. The Balaban J connectivity index is 1.31. The number of aromatic nitrogens is 2. The van der Waals surface area contributed by atoms with Gasteiger partial charge in [-0.15, -0.1) is 0 Å². The summed E-state index contributed by atoms with van der Waals surface area (Å²) < 4.78 is 6.46. The lowest BCUT2D eigenvalue weighted by Crippen LogP contribution is -2.38. The molecule has 4 rings (SSSR count). The van der Waals surface area contributed by atoms with Crippen molar-refractivity contribution in [2.75, 3.05) is 18.4 Å². The van der Waals surface area contributed by atoms with E-state index >= 15 is 0 Å². The summed E-state index contributed by atoms with van der Waals surface area (Å²) in [7, 11) is 0. The number of hydrogen-bond donors (Lipinski definition) is 1. The van der Waals surface area contributed by atoms with E-state index in [0.717, 1.165) is 53.6 Å². The standard InChI is InChI=1S/C24H27BrN4O2/c1-3-17-6-4-5-16(2)22(17)27-24(30)19-11-13-29(14-12-19)15-21-26-23(28-31-21)18-7-9-20(25)10-8-18/h4-10,19H,3,11-15H2,1-2H3,(H,27,30). The highest BCUT2D eigenvalue weighted by Crippen LogP contribution is 2.25. The first-order valence-corrected chi connectivity index (χ1v) is 11.5. The van der Waals surface area contributed by atoms with E-state index in [1.54, 1.807) is 0 Å². The second-order valence-corrected chi connectivity index (χ2v) is 8.94. The number of amides is 1. The van der Waals surface area contributed by atoms with Gasteiger partial charge in [0.15, 0.2) is 0 Å². The quantitative estimate of drug-likeness (QED) is 0.521. The average Bonchev–Trinajstić information content (AvgIpc) is 3.24. The molecule has 1 N–H and O–H groups in total. The third-order valence-electron chi connectivity index (χ3n) is 5.88. The molecule has 0 bridgehead atoms. The summed E-state index contributed by atoms with van der Waals surface area (Å²) in [6, 6.07) is 14.0. The van der Waals surface area contributed by atoms with Crippen molar-refractivity contribution in [1.29, 1.82) is 0 Å². The normalized spacial score (nSPS) is 15.2. The number of aryl methyl sites for hydroxylation is 2. The highest BCUT2D eigenvalue weighted by atomic mass is 79.9. The van der Waals surface area contributed by atoms with Gasteiger partial charge in [0.2, 0.25) is 17.6 Å². The fourth-order valence-electron chi connectivity index (χ4n) is 4.01. The van der Waals surface area contributed by atoms with Crippen molar-refractivity contribution in [2.45, 2.75) is 39.7 Å². The van der Waals surface area contributed by atoms with E-state index in [-0.39, 0.29) is 11.8 Å². The highest BCUT2D eigenvalue weighted by molar-refractivity contribution is 9.10. The van der Waals surface area contributed by atoms with Crippen LogP contribution in [0.1, 0.15) is 36.8 Å². The minimum atomic E-state index is 0.0292. The maximum Gasteiger partial charge on any atom is 0.241 e. The molecule has 0 unspecified atom stereocenters. The summed E-state index contributed by atoms with van der Waals surface area (Å²) in [6.07, 6.45) is 2.56. The molecule has 31 heavy (non-hydrogen) atoms. The second-order valence-electron chi connectivity index (χ2n) is 8.02. The number of hydrogen-bond acceptors (Lipinski definition) is 5. The van der Waals surface area contributed by atoms with E-state index in [1.807, 2.05) is 43.3 Å². The first kappa shape index (κ1) is 21.7. The molecule has 1 aliphatic rings. The smallest absolute Gasteiger partial charge is 0.241 e. The Labute approximate surface area is 191 Å². The van der Waals surface area contributed by atoms with E-state index in [0.29, 0.717) is 18.3 Å². The molecule has 0 aliphatic carbocycles. The van der Waals surface area contributed by atoms with Gasteiger partial charge in [0.05, 0.1) is 6.54 Å². The lowest BCUT2D eigenvalue weighted by molar-refractivity contribution is -0.121. The minimum Gasteiger partial charge on any atom is -0.338 e. The van der Waals surface area contributed by atoms with E-state index < -0.39 is 0 Å². The summed E-state index contributed by atoms with van der Waals surface area (Å²) in [5, 5.41) is 7.29. The van der Waals surface area contributed by atoms with Crippen molar-refractivity contribution < 1.29 is 9.32 Å². The van der Waals surface area contributed by atoms with Crippen molar-refractivity contribution in [1.82, 2.24) is 15.0 Å². The van der Waals surface area contributed by atoms with Crippen molar-refractivity contribution in [2.24, 2.45) is 5.92 Å². The van der Waals surface area contributed by atoms with Gasteiger partial charge in [-0.2, -0.15) is 4.98 Å². The largest absolute Gasteiger partial charge is 0.338 e. The number of benzene rings is 2. The highest BCUT2D eigenvalue weighted by Gasteiger charge is 2.26. The van der Waals surface area contributed by atoms with Crippen molar-refractivity contribution >= 4 is 27.5 Å². The number of anilines is 1. The molecule has 0 saturated carbocycles. The summed E-state index contributed by atoms with van der Waals surface area (Å²) in [5.41, 5.74) is 4.20. The van der Waals surface area contributed by atoms with Crippen LogP contribution in [0.15, 0.2) is 51.5 Å². The molecule has 1 amide bonds. The molecule has 2 aromatic carbocycles. The summed E-state index contributed by atoms with van der Waals surface area (Å²) in [4.78, 5) is 19.7. The number of carbonyl (C=O) groups excluding carboxylic acids is 1. The van der Waals surface area contributed by atoms with Crippen LogP contribution < -0.4 is 5.32 Å². The SMILES string of the molecule is CCc1cccc(C)c1NC(=O)C1CCN(Cc2nc(-c3ccc(Br)cc3)no2)CC1. The van der Waals surface area contributed by atoms with E-state index in [9.17, 15) is 4.79 Å². The topological polar surface area (TPSA) is 71.3 Å². The zero-order chi connectivity index (χ0) is 21.8. The number of carbonyl (C=O) groups is 1. The number of rotatable bonds is 6. The van der Waals surface area contributed by atoms with E-state index in [2.05, 4.69) is 49.3 Å². The fraction of sp³-hybridized carbons (Fsp3) is 0.375. The number of piperidine rings is 1. The molecular weight excluding hydrogens is 456 g/mol. The van der Waals surface area contributed by atoms with Gasteiger partial charge in [0, 0.05) is 21.6 Å². The second kappa shape index (κ2) is 9.75. The zero-order valence-electron chi connectivity index (χ0n) is 17.9. The van der Waals surface area contributed by atoms with Crippen LogP contribution in [0, 0.1) is 12.8 Å². The zero-order valence-corrected chi connectivity index (χ0v) is 19.5. The van der Waals surface area contributed by atoms with Gasteiger partial charge in [-0.05, 0) is 74.7 Å². The first-order chi connectivity index (χ1) is 15.0. The maximum absolute atomic E-state index is 12.9. The lowest BCUT2D eigenvalue weighted by atomic mass is 9.95. The summed E-state index contributed by atoms with van der Waals surface area (Å²) in [6.45, 7) is 6.44. The van der Waals surface area contributed by atoms with Crippen LogP contribution in [0.25, 0.3) is 11.4 Å². The van der Waals surface area contributed by atoms with Crippen LogP contribution in [-0.2, 0) is 17.8 Å². The Morgan fingerprint density at radius 1 is 1.19 bits per heavy atom. The summed E-state index contributed by atoms with van der Waals surface area (Å²) in [5.74, 6) is 1.36.